The van der Waals surface area contributed by atoms with Gasteiger partial charge in [0.2, 0.25) is 0 Å². The normalized spacial score (nSPS) is 34.9. The monoisotopic (exact) mass is 213 g/mol. The van der Waals surface area contributed by atoms with Crippen molar-refractivity contribution in [2.24, 2.45) is 0 Å². The second kappa shape index (κ2) is 5.41. The van der Waals surface area contributed by atoms with Crippen molar-refractivity contribution >= 4 is 11.8 Å². The Hall–Kier alpha value is 0.310. The molecule has 0 aromatic rings. The molecule has 2 heteroatoms. The minimum Gasteiger partial charge on any atom is -0.310 e. The van der Waals surface area contributed by atoms with Gasteiger partial charge in [0.05, 0.1) is 0 Å². The Morgan fingerprint density at radius 2 is 1.71 bits per heavy atom. The van der Waals surface area contributed by atoms with Gasteiger partial charge in [0, 0.05) is 17.3 Å². The zero-order valence-electron chi connectivity index (χ0n) is 9.30. The lowest BCUT2D eigenvalue weighted by atomic mass is 9.95. The molecule has 2 aliphatic carbocycles. The fourth-order valence-electron chi connectivity index (χ4n) is 2.97. The molecule has 0 radical (unpaired) electrons. The van der Waals surface area contributed by atoms with E-state index in [2.05, 4.69) is 23.3 Å². The van der Waals surface area contributed by atoms with Gasteiger partial charge in [-0.3, -0.25) is 0 Å². The molecule has 14 heavy (non-hydrogen) atoms. The van der Waals surface area contributed by atoms with E-state index in [-0.39, 0.29) is 0 Å². The van der Waals surface area contributed by atoms with Crippen LogP contribution in [0.2, 0.25) is 0 Å². The number of rotatable bonds is 3. The van der Waals surface area contributed by atoms with E-state index >= 15 is 0 Å². The summed E-state index contributed by atoms with van der Waals surface area (Å²) in [7, 11) is 0. The highest BCUT2D eigenvalue weighted by atomic mass is 32.2. The summed E-state index contributed by atoms with van der Waals surface area (Å²) in [5, 5.41) is 4.80. The maximum Gasteiger partial charge on any atom is 0.0198 e. The molecule has 1 nitrogen and oxygen atoms in total. The molecule has 2 fully saturated rings. The van der Waals surface area contributed by atoms with Gasteiger partial charge in [-0.25, -0.2) is 0 Å². The summed E-state index contributed by atoms with van der Waals surface area (Å²) in [4.78, 5) is 0. The summed E-state index contributed by atoms with van der Waals surface area (Å²) in [5.41, 5.74) is 0. The van der Waals surface area contributed by atoms with E-state index in [4.69, 9.17) is 0 Å². The Morgan fingerprint density at radius 3 is 2.43 bits per heavy atom. The topological polar surface area (TPSA) is 12.0 Å². The molecular formula is C12H23NS. The second-order valence-electron chi connectivity index (χ2n) is 4.81. The standard InChI is InChI=1S/C12H23NS/c1-14-12-9-5-8-11(12)13-10-6-3-2-4-7-10/h10-13H,2-9H2,1H3. The van der Waals surface area contributed by atoms with Crippen LogP contribution in [0.5, 0.6) is 0 Å². The number of hydrogen-bond acceptors (Lipinski definition) is 2. The summed E-state index contributed by atoms with van der Waals surface area (Å²) in [6.07, 6.45) is 13.8. The first-order chi connectivity index (χ1) is 6.90. The Balaban J connectivity index is 1.77. The minimum atomic E-state index is 0.827. The highest BCUT2D eigenvalue weighted by molar-refractivity contribution is 7.99. The number of hydrogen-bond donors (Lipinski definition) is 1. The third kappa shape index (κ3) is 2.66. The van der Waals surface area contributed by atoms with Crippen LogP contribution in [0.15, 0.2) is 0 Å². The molecule has 0 amide bonds. The molecule has 0 heterocycles. The molecular weight excluding hydrogens is 190 g/mol. The average molecular weight is 213 g/mol. The van der Waals surface area contributed by atoms with Gasteiger partial charge in [0.1, 0.15) is 0 Å². The number of thioether (sulfide) groups is 1. The minimum absolute atomic E-state index is 0.827. The van der Waals surface area contributed by atoms with Crippen LogP contribution in [0.25, 0.3) is 0 Å². The van der Waals surface area contributed by atoms with E-state index in [1.165, 1.54) is 51.4 Å². The Bertz CT molecular complexity index is 166. The van der Waals surface area contributed by atoms with E-state index < -0.39 is 0 Å². The molecule has 0 bridgehead atoms. The Morgan fingerprint density at radius 1 is 0.929 bits per heavy atom. The molecule has 1 N–H and O–H groups in total. The van der Waals surface area contributed by atoms with Crippen molar-refractivity contribution in [3.63, 3.8) is 0 Å². The summed E-state index contributed by atoms with van der Waals surface area (Å²) >= 11 is 2.07. The third-order valence-electron chi connectivity index (χ3n) is 3.81. The number of nitrogens with one attached hydrogen (secondary N) is 1. The zero-order chi connectivity index (χ0) is 9.80. The molecule has 2 atom stereocenters. The first-order valence-corrected chi connectivity index (χ1v) is 7.48. The van der Waals surface area contributed by atoms with Gasteiger partial charge in [-0.15, -0.1) is 0 Å². The summed E-state index contributed by atoms with van der Waals surface area (Å²) < 4.78 is 0. The van der Waals surface area contributed by atoms with Gasteiger partial charge in [0.25, 0.3) is 0 Å². The van der Waals surface area contributed by atoms with Gasteiger partial charge in [-0.05, 0) is 31.9 Å². The fraction of sp³-hybridized carbons (Fsp3) is 1.00. The van der Waals surface area contributed by atoms with Crippen LogP contribution in [0.3, 0.4) is 0 Å². The molecule has 2 aliphatic rings. The van der Waals surface area contributed by atoms with Gasteiger partial charge in [0.15, 0.2) is 0 Å². The van der Waals surface area contributed by atoms with Crippen molar-refractivity contribution in [3.8, 4) is 0 Å². The molecule has 0 aliphatic heterocycles. The highest BCUT2D eigenvalue weighted by Crippen LogP contribution is 2.30. The lowest BCUT2D eigenvalue weighted by Crippen LogP contribution is -2.42. The smallest absolute Gasteiger partial charge is 0.0198 e. The maximum atomic E-state index is 3.90. The van der Waals surface area contributed by atoms with E-state index in [0.717, 1.165) is 17.3 Å². The SMILES string of the molecule is CSC1CCCC1NC1CCCCC1. The molecule has 2 unspecified atom stereocenters. The lowest BCUT2D eigenvalue weighted by Gasteiger charge is -2.29. The van der Waals surface area contributed by atoms with Crippen LogP contribution in [0.1, 0.15) is 51.4 Å². The molecule has 0 saturated heterocycles. The second-order valence-corrected chi connectivity index (χ2v) is 5.89. The zero-order valence-corrected chi connectivity index (χ0v) is 10.1. The van der Waals surface area contributed by atoms with Crippen molar-refractivity contribution in [1.82, 2.24) is 5.32 Å². The summed E-state index contributed by atoms with van der Waals surface area (Å²) in [6.45, 7) is 0. The third-order valence-corrected chi connectivity index (χ3v) is 4.98. The van der Waals surface area contributed by atoms with Crippen molar-refractivity contribution in [1.29, 1.82) is 0 Å². The van der Waals surface area contributed by atoms with Gasteiger partial charge in [-0.2, -0.15) is 11.8 Å². The summed E-state index contributed by atoms with van der Waals surface area (Å²) in [5.74, 6) is 0. The highest BCUT2D eigenvalue weighted by Gasteiger charge is 2.28. The van der Waals surface area contributed by atoms with Crippen molar-refractivity contribution in [3.05, 3.63) is 0 Å². The predicted octanol–water partition coefficient (Wildman–Crippen LogP) is 3.19. The average Bonchev–Trinajstić information content (AvgIpc) is 2.67. The molecule has 0 aromatic heterocycles. The van der Waals surface area contributed by atoms with Crippen LogP contribution >= 0.6 is 11.8 Å². The van der Waals surface area contributed by atoms with E-state index in [9.17, 15) is 0 Å². The van der Waals surface area contributed by atoms with Gasteiger partial charge < -0.3 is 5.32 Å². The molecule has 0 aromatic carbocycles. The molecule has 2 rings (SSSR count). The van der Waals surface area contributed by atoms with Crippen LogP contribution < -0.4 is 5.32 Å². The molecule has 0 spiro atoms. The predicted molar refractivity (Wildman–Crippen MR) is 65.0 cm³/mol. The maximum absolute atomic E-state index is 3.90. The van der Waals surface area contributed by atoms with Crippen molar-refractivity contribution in [2.75, 3.05) is 6.26 Å². The quantitative estimate of drug-likeness (QED) is 0.772. The van der Waals surface area contributed by atoms with Crippen molar-refractivity contribution < 1.29 is 0 Å². The Labute approximate surface area is 92.4 Å². The van der Waals surface area contributed by atoms with E-state index in [1.54, 1.807) is 0 Å². The first-order valence-electron chi connectivity index (χ1n) is 6.19. The van der Waals surface area contributed by atoms with Crippen LogP contribution in [0.4, 0.5) is 0 Å². The van der Waals surface area contributed by atoms with Crippen molar-refractivity contribution in [2.45, 2.75) is 68.7 Å². The largest absolute Gasteiger partial charge is 0.310 e. The fourth-order valence-corrected chi connectivity index (χ4v) is 3.92. The van der Waals surface area contributed by atoms with Gasteiger partial charge in [-0.1, -0.05) is 25.7 Å². The first kappa shape index (κ1) is 10.8. The van der Waals surface area contributed by atoms with Crippen LogP contribution in [-0.2, 0) is 0 Å². The van der Waals surface area contributed by atoms with E-state index in [0.29, 0.717) is 0 Å². The Kier molecular flexibility index (Phi) is 4.18. The molecule has 82 valence electrons. The van der Waals surface area contributed by atoms with Crippen LogP contribution in [0, 0.1) is 0 Å². The summed E-state index contributed by atoms with van der Waals surface area (Å²) in [6, 6.07) is 1.68. The lowest BCUT2D eigenvalue weighted by molar-refractivity contribution is 0.339. The van der Waals surface area contributed by atoms with E-state index in [1.807, 2.05) is 0 Å². The van der Waals surface area contributed by atoms with Gasteiger partial charge >= 0.3 is 0 Å². The van der Waals surface area contributed by atoms with Crippen LogP contribution in [-0.4, -0.2) is 23.6 Å². The molecule has 2 saturated carbocycles.